The van der Waals surface area contributed by atoms with E-state index in [-0.39, 0.29) is 0 Å². The van der Waals surface area contributed by atoms with Gasteiger partial charge in [0.25, 0.3) is 0 Å². The van der Waals surface area contributed by atoms with Gasteiger partial charge in [-0.3, -0.25) is 0 Å². The lowest BCUT2D eigenvalue weighted by molar-refractivity contribution is 0.303. The summed E-state index contributed by atoms with van der Waals surface area (Å²) >= 11 is 0. The smallest absolute Gasteiger partial charge is 0.141 e. The Morgan fingerprint density at radius 1 is 1.33 bits per heavy atom. The SMILES string of the molecule is Cc1noc2c1C(NC1CC1)C(C)CC2. The molecule has 1 saturated carbocycles. The lowest BCUT2D eigenvalue weighted by Gasteiger charge is -2.29. The van der Waals surface area contributed by atoms with Gasteiger partial charge in [-0.05, 0) is 32.1 Å². The summed E-state index contributed by atoms with van der Waals surface area (Å²) < 4.78 is 5.38. The number of nitrogens with one attached hydrogen (secondary N) is 1. The van der Waals surface area contributed by atoms with Gasteiger partial charge in [0, 0.05) is 24.1 Å². The van der Waals surface area contributed by atoms with Gasteiger partial charge < -0.3 is 9.84 Å². The summed E-state index contributed by atoms with van der Waals surface area (Å²) in [7, 11) is 0. The van der Waals surface area contributed by atoms with E-state index < -0.39 is 0 Å². The summed E-state index contributed by atoms with van der Waals surface area (Å²) in [5.41, 5.74) is 2.43. The fraction of sp³-hybridized carbons (Fsp3) is 0.750. The van der Waals surface area contributed by atoms with Crippen LogP contribution in [0.2, 0.25) is 0 Å². The molecular weight excluding hydrogens is 188 g/mol. The fourth-order valence-corrected chi connectivity index (χ4v) is 2.56. The molecule has 15 heavy (non-hydrogen) atoms. The molecule has 0 radical (unpaired) electrons. The lowest BCUT2D eigenvalue weighted by atomic mass is 9.83. The van der Waals surface area contributed by atoms with E-state index in [9.17, 15) is 0 Å². The summed E-state index contributed by atoms with van der Waals surface area (Å²) in [6, 6.07) is 1.23. The molecule has 2 aliphatic rings. The monoisotopic (exact) mass is 206 g/mol. The number of hydrogen-bond acceptors (Lipinski definition) is 3. The molecule has 0 aromatic carbocycles. The predicted octanol–water partition coefficient (Wildman–Crippen LogP) is 2.36. The predicted molar refractivity (Wildman–Crippen MR) is 57.6 cm³/mol. The van der Waals surface area contributed by atoms with E-state index in [0.29, 0.717) is 12.0 Å². The Morgan fingerprint density at radius 3 is 2.87 bits per heavy atom. The molecule has 1 aromatic rings. The summed E-state index contributed by atoms with van der Waals surface area (Å²) in [5.74, 6) is 1.82. The summed E-state index contributed by atoms with van der Waals surface area (Å²) in [6.07, 6.45) is 4.94. The molecule has 82 valence electrons. The number of rotatable bonds is 2. The van der Waals surface area contributed by atoms with Crippen molar-refractivity contribution in [2.45, 2.75) is 51.6 Å². The van der Waals surface area contributed by atoms with Crippen molar-refractivity contribution in [3.63, 3.8) is 0 Å². The van der Waals surface area contributed by atoms with Crippen LogP contribution in [0.1, 0.15) is 49.2 Å². The van der Waals surface area contributed by atoms with Gasteiger partial charge in [-0.15, -0.1) is 0 Å². The first kappa shape index (κ1) is 9.40. The highest BCUT2D eigenvalue weighted by Crippen LogP contribution is 2.38. The highest BCUT2D eigenvalue weighted by atomic mass is 16.5. The summed E-state index contributed by atoms with van der Waals surface area (Å²) in [6.45, 7) is 4.39. The molecule has 2 atom stereocenters. The van der Waals surface area contributed by atoms with Crippen LogP contribution in [-0.2, 0) is 6.42 Å². The van der Waals surface area contributed by atoms with Crippen molar-refractivity contribution in [3.05, 3.63) is 17.0 Å². The molecule has 0 aliphatic heterocycles. The Bertz CT molecular complexity index is 368. The van der Waals surface area contributed by atoms with Gasteiger partial charge in [0.05, 0.1) is 5.69 Å². The molecule has 3 nitrogen and oxygen atoms in total. The maximum absolute atomic E-state index is 5.38. The van der Waals surface area contributed by atoms with Gasteiger partial charge >= 0.3 is 0 Å². The van der Waals surface area contributed by atoms with Gasteiger partial charge in [0.1, 0.15) is 5.76 Å². The van der Waals surface area contributed by atoms with E-state index in [1.165, 1.54) is 24.8 Å². The number of fused-ring (bicyclic) bond motifs is 1. The Balaban J connectivity index is 1.92. The molecule has 3 heteroatoms. The number of aromatic nitrogens is 1. The van der Waals surface area contributed by atoms with E-state index in [0.717, 1.165) is 23.9 Å². The van der Waals surface area contributed by atoms with Crippen LogP contribution in [0.25, 0.3) is 0 Å². The first-order valence-corrected chi connectivity index (χ1v) is 5.97. The standard InChI is InChI=1S/C12H18N2O/c1-7-3-6-10-11(8(2)14-15-10)12(7)13-9-4-5-9/h7,9,12-13H,3-6H2,1-2H3. The van der Waals surface area contributed by atoms with Crippen LogP contribution in [-0.4, -0.2) is 11.2 Å². The van der Waals surface area contributed by atoms with E-state index in [4.69, 9.17) is 4.52 Å². The molecule has 0 spiro atoms. The first-order chi connectivity index (χ1) is 7.25. The molecule has 0 amide bonds. The zero-order valence-electron chi connectivity index (χ0n) is 9.42. The minimum absolute atomic E-state index is 0.479. The third-order valence-corrected chi connectivity index (χ3v) is 3.68. The van der Waals surface area contributed by atoms with Crippen molar-refractivity contribution in [2.75, 3.05) is 0 Å². The van der Waals surface area contributed by atoms with Crippen molar-refractivity contribution in [3.8, 4) is 0 Å². The maximum atomic E-state index is 5.38. The summed E-state index contributed by atoms with van der Waals surface area (Å²) in [5, 5.41) is 7.82. The number of aryl methyl sites for hydroxylation is 2. The Morgan fingerprint density at radius 2 is 2.13 bits per heavy atom. The third-order valence-electron chi connectivity index (χ3n) is 3.68. The van der Waals surface area contributed by atoms with E-state index in [2.05, 4.69) is 24.3 Å². The average Bonchev–Trinajstić information content (AvgIpc) is 2.96. The minimum atomic E-state index is 0.479. The van der Waals surface area contributed by atoms with Gasteiger partial charge in [0.2, 0.25) is 0 Å². The highest BCUT2D eigenvalue weighted by Gasteiger charge is 2.35. The minimum Gasteiger partial charge on any atom is -0.361 e. The fourth-order valence-electron chi connectivity index (χ4n) is 2.56. The maximum Gasteiger partial charge on any atom is 0.141 e. The van der Waals surface area contributed by atoms with E-state index in [1.807, 2.05) is 0 Å². The Labute approximate surface area is 90.2 Å². The number of hydrogen-bond donors (Lipinski definition) is 1. The van der Waals surface area contributed by atoms with Crippen LogP contribution in [0.4, 0.5) is 0 Å². The Kier molecular flexibility index (Phi) is 2.09. The molecule has 2 unspecified atom stereocenters. The molecule has 1 aromatic heterocycles. The average molecular weight is 206 g/mol. The molecule has 0 saturated heterocycles. The molecule has 1 fully saturated rings. The van der Waals surface area contributed by atoms with Gasteiger partial charge in [-0.2, -0.15) is 0 Å². The third kappa shape index (κ3) is 1.59. The van der Waals surface area contributed by atoms with Crippen LogP contribution < -0.4 is 5.32 Å². The quantitative estimate of drug-likeness (QED) is 0.807. The van der Waals surface area contributed by atoms with Crippen molar-refractivity contribution in [1.82, 2.24) is 10.5 Å². The normalized spacial score (nSPS) is 30.3. The van der Waals surface area contributed by atoms with Crippen LogP contribution in [0.5, 0.6) is 0 Å². The number of nitrogens with zero attached hydrogens (tertiary/aromatic N) is 1. The second kappa shape index (κ2) is 3.34. The topological polar surface area (TPSA) is 38.1 Å². The zero-order chi connectivity index (χ0) is 10.4. The van der Waals surface area contributed by atoms with Crippen LogP contribution in [0, 0.1) is 12.8 Å². The van der Waals surface area contributed by atoms with Crippen molar-refractivity contribution >= 4 is 0 Å². The van der Waals surface area contributed by atoms with E-state index >= 15 is 0 Å². The lowest BCUT2D eigenvalue weighted by Crippen LogP contribution is -2.32. The second-order valence-corrected chi connectivity index (χ2v) is 5.04. The Hall–Kier alpha value is -0.830. The van der Waals surface area contributed by atoms with Gasteiger partial charge in [-0.25, -0.2) is 0 Å². The molecular formula is C12H18N2O. The first-order valence-electron chi connectivity index (χ1n) is 5.97. The van der Waals surface area contributed by atoms with Crippen LogP contribution >= 0.6 is 0 Å². The van der Waals surface area contributed by atoms with Crippen LogP contribution in [0.3, 0.4) is 0 Å². The molecule has 2 aliphatic carbocycles. The van der Waals surface area contributed by atoms with Gasteiger partial charge in [-0.1, -0.05) is 12.1 Å². The molecule has 0 bridgehead atoms. The van der Waals surface area contributed by atoms with Crippen molar-refractivity contribution < 1.29 is 4.52 Å². The molecule has 1 N–H and O–H groups in total. The summed E-state index contributed by atoms with van der Waals surface area (Å²) in [4.78, 5) is 0. The van der Waals surface area contributed by atoms with Gasteiger partial charge in [0.15, 0.2) is 0 Å². The molecule has 3 rings (SSSR count). The van der Waals surface area contributed by atoms with Crippen LogP contribution in [0.15, 0.2) is 4.52 Å². The van der Waals surface area contributed by atoms with Crippen molar-refractivity contribution in [2.24, 2.45) is 5.92 Å². The molecule has 1 heterocycles. The van der Waals surface area contributed by atoms with Crippen molar-refractivity contribution in [1.29, 1.82) is 0 Å². The second-order valence-electron chi connectivity index (χ2n) is 5.04. The van der Waals surface area contributed by atoms with E-state index in [1.54, 1.807) is 0 Å². The highest BCUT2D eigenvalue weighted by molar-refractivity contribution is 5.29. The largest absolute Gasteiger partial charge is 0.361 e. The zero-order valence-corrected chi connectivity index (χ0v) is 9.42.